The fourth-order valence-corrected chi connectivity index (χ4v) is 4.51. The average Bonchev–Trinajstić information content (AvgIpc) is 3.42. The number of aromatic nitrogens is 1. The highest BCUT2D eigenvalue weighted by molar-refractivity contribution is 5.96. The van der Waals surface area contributed by atoms with Crippen molar-refractivity contribution in [2.45, 2.75) is 50.7 Å². The highest BCUT2D eigenvalue weighted by Crippen LogP contribution is 2.34. The average molecular weight is 478 g/mol. The second-order valence-corrected chi connectivity index (χ2v) is 8.59. The first-order valence-corrected chi connectivity index (χ1v) is 11.9. The van der Waals surface area contributed by atoms with Crippen molar-refractivity contribution in [1.82, 2.24) is 15.2 Å². The molecular formula is C27H31N3O5. The van der Waals surface area contributed by atoms with Gasteiger partial charge < -0.3 is 24.1 Å². The molecule has 35 heavy (non-hydrogen) atoms. The van der Waals surface area contributed by atoms with Crippen molar-refractivity contribution in [2.75, 3.05) is 14.2 Å². The Labute approximate surface area is 205 Å². The minimum Gasteiger partial charge on any atom is -0.493 e. The Morgan fingerprint density at radius 1 is 1.06 bits per heavy atom. The molecule has 4 rings (SSSR count). The SMILES string of the molecule is COc1ccc([C@@H](C(=O)NC2CCCCC2)N(Cc2ccco2)C(=O)c2ccccn2)cc1OC. The van der Waals surface area contributed by atoms with Gasteiger partial charge in [0.2, 0.25) is 5.91 Å². The van der Waals surface area contributed by atoms with E-state index in [1.165, 1.54) is 11.3 Å². The van der Waals surface area contributed by atoms with E-state index in [0.29, 0.717) is 22.8 Å². The summed E-state index contributed by atoms with van der Waals surface area (Å²) in [6, 6.07) is 13.1. The largest absolute Gasteiger partial charge is 0.493 e. The van der Waals surface area contributed by atoms with Crippen LogP contribution < -0.4 is 14.8 Å². The summed E-state index contributed by atoms with van der Waals surface area (Å²) in [5.41, 5.74) is 0.849. The van der Waals surface area contributed by atoms with Crippen LogP contribution in [0.2, 0.25) is 0 Å². The van der Waals surface area contributed by atoms with E-state index in [0.717, 1.165) is 25.7 Å². The number of carbonyl (C=O) groups is 2. The fraction of sp³-hybridized carbons (Fsp3) is 0.370. The number of carbonyl (C=O) groups excluding carboxylic acids is 2. The summed E-state index contributed by atoms with van der Waals surface area (Å²) in [6.07, 6.45) is 8.30. The zero-order chi connectivity index (χ0) is 24.6. The summed E-state index contributed by atoms with van der Waals surface area (Å²) in [5.74, 6) is 0.950. The molecule has 0 saturated heterocycles. The van der Waals surface area contributed by atoms with E-state index in [4.69, 9.17) is 13.9 Å². The Bertz CT molecular complexity index is 1110. The van der Waals surface area contributed by atoms with E-state index >= 15 is 0 Å². The maximum Gasteiger partial charge on any atom is 0.273 e. The Morgan fingerprint density at radius 2 is 1.86 bits per heavy atom. The third-order valence-electron chi connectivity index (χ3n) is 6.29. The van der Waals surface area contributed by atoms with Crippen LogP contribution in [0.15, 0.2) is 65.4 Å². The van der Waals surface area contributed by atoms with Gasteiger partial charge in [0, 0.05) is 12.2 Å². The molecule has 1 saturated carbocycles. The molecule has 3 aromatic rings. The predicted molar refractivity (Wildman–Crippen MR) is 130 cm³/mol. The number of methoxy groups -OCH3 is 2. The van der Waals surface area contributed by atoms with E-state index < -0.39 is 6.04 Å². The third-order valence-corrected chi connectivity index (χ3v) is 6.29. The molecule has 1 atom stereocenters. The van der Waals surface area contributed by atoms with Gasteiger partial charge in [-0.25, -0.2) is 0 Å². The molecule has 1 N–H and O–H groups in total. The lowest BCUT2D eigenvalue weighted by molar-refractivity contribution is -0.127. The van der Waals surface area contributed by atoms with Crippen molar-refractivity contribution >= 4 is 11.8 Å². The molecule has 1 aromatic carbocycles. The highest BCUT2D eigenvalue weighted by atomic mass is 16.5. The predicted octanol–water partition coefficient (Wildman–Crippen LogP) is 4.52. The first kappa shape index (κ1) is 24.3. The molecule has 1 aliphatic carbocycles. The normalized spacial score (nSPS) is 14.7. The van der Waals surface area contributed by atoms with Gasteiger partial charge in [0.1, 0.15) is 17.5 Å². The number of hydrogen-bond acceptors (Lipinski definition) is 6. The summed E-state index contributed by atoms with van der Waals surface area (Å²) in [5, 5.41) is 3.19. The number of amides is 2. The van der Waals surface area contributed by atoms with Crippen molar-refractivity contribution in [1.29, 1.82) is 0 Å². The monoisotopic (exact) mass is 477 g/mol. The number of rotatable bonds is 9. The molecular weight excluding hydrogens is 446 g/mol. The quantitative estimate of drug-likeness (QED) is 0.487. The third kappa shape index (κ3) is 5.82. The first-order valence-electron chi connectivity index (χ1n) is 11.9. The standard InChI is InChI=1S/C27H31N3O5/c1-33-23-14-13-19(17-24(23)34-2)25(26(31)29-20-9-4-3-5-10-20)30(18-21-11-8-16-35-21)27(32)22-12-6-7-15-28-22/h6-8,11-17,20,25H,3-5,9-10,18H2,1-2H3,(H,29,31)/t25-/m0/s1. The lowest BCUT2D eigenvalue weighted by Crippen LogP contribution is -2.47. The summed E-state index contributed by atoms with van der Waals surface area (Å²) in [4.78, 5) is 33.3. The van der Waals surface area contributed by atoms with Crippen LogP contribution in [0, 0.1) is 0 Å². The second kappa shape index (κ2) is 11.6. The van der Waals surface area contributed by atoms with E-state index in [9.17, 15) is 9.59 Å². The number of pyridine rings is 1. The van der Waals surface area contributed by atoms with Gasteiger partial charge in [0.15, 0.2) is 11.5 Å². The highest BCUT2D eigenvalue weighted by Gasteiger charge is 2.35. The molecule has 1 fully saturated rings. The summed E-state index contributed by atoms with van der Waals surface area (Å²) in [6.45, 7) is 0.0967. The van der Waals surface area contributed by atoms with Crippen molar-refractivity contribution in [3.8, 4) is 11.5 Å². The van der Waals surface area contributed by atoms with Gasteiger partial charge in [0.05, 0.1) is 27.0 Å². The van der Waals surface area contributed by atoms with Crippen molar-refractivity contribution < 1.29 is 23.5 Å². The van der Waals surface area contributed by atoms with Gasteiger partial charge in [0.25, 0.3) is 5.91 Å². The van der Waals surface area contributed by atoms with E-state index in [1.807, 2.05) is 0 Å². The Morgan fingerprint density at radius 3 is 2.51 bits per heavy atom. The van der Waals surface area contributed by atoms with Crippen LogP contribution in [-0.2, 0) is 11.3 Å². The maximum atomic E-state index is 13.8. The Kier molecular flexibility index (Phi) is 8.03. The van der Waals surface area contributed by atoms with Crippen molar-refractivity contribution in [3.63, 3.8) is 0 Å². The summed E-state index contributed by atoms with van der Waals surface area (Å²) < 4.78 is 16.4. The smallest absolute Gasteiger partial charge is 0.273 e. The zero-order valence-electron chi connectivity index (χ0n) is 20.1. The minimum absolute atomic E-state index is 0.0781. The van der Waals surface area contributed by atoms with Crippen LogP contribution in [0.1, 0.15) is 60.0 Å². The Balaban J connectivity index is 1.77. The zero-order valence-corrected chi connectivity index (χ0v) is 20.1. The lowest BCUT2D eigenvalue weighted by Gasteiger charge is -2.33. The molecule has 8 nitrogen and oxygen atoms in total. The minimum atomic E-state index is -0.934. The number of furan rings is 1. The molecule has 0 radical (unpaired) electrons. The molecule has 2 aromatic heterocycles. The molecule has 0 unspecified atom stereocenters. The second-order valence-electron chi connectivity index (χ2n) is 8.59. The van der Waals surface area contributed by atoms with Crippen LogP contribution in [-0.4, -0.2) is 42.0 Å². The van der Waals surface area contributed by atoms with Crippen LogP contribution in [0.4, 0.5) is 0 Å². The molecule has 0 spiro atoms. The first-order chi connectivity index (χ1) is 17.1. The van der Waals surface area contributed by atoms with Crippen LogP contribution in [0.3, 0.4) is 0 Å². The summed E-state index contributed by atoms with van der Waals surface area (Å²) in [7, 11) is 3.09. The number of ether oxygens (including phenoxy) is 2. The maximum absolute atomic E-state index is 13.8. The number of hydrogen-bond donors (Lipinski definition) is 1. The van der Waals surface area contributed by atoms with Gasteiger partial charge in [-0.2, -0.15) is 0 Å². The van der Waals surface area contributed by atoms with Crippen LogP contribution >= 0.6 is 0 Å². The molecule has 8 heteroatoms. The van der Waals surface area contributed by atoms with E-state index in [1.54, 1.807) is 75.2 Å². The van der Waals surface area contributed by atoms with Gasteiger partial charge >= 0.3 is 0 Å². The fourth-order valence-electron chi connectivity index (χ4n) is 4.51. The molecule has 0 aliphatic heterocycles. The van der Waals surface area contributed by atoms with Gasteiger partial charge in [-0.3, -0.25) is 14.6 Å². The molecule has 2 amide bonds. The van der Waals surface area contributed by atoms with E-state index in [-0.39, 0.29) is 30.1 Å². The number of nitrogens with zero attached hydrogens (tertiary/aromatic N) is 2. The van der Waals surface area contributed by atoms with Crippen molar-refractivity contribution in [3.05, 3.63) is 78.0 Å². The molecule has 2 heterocycles. The van der Waals surface area contributed by atoms with Crippen molar-refractivity contribution in [2.24, 2.45) is 0 Å². The van der Waals surface area contributed by atoms with Crippen LogP contribution in [0.5, 0.6) is 11.5 Å². The molecule has 0 bridgehead atoms. The summed E-state index contributed by atoms with van der Waals surface area (Å²) >= 11 is 0. The van der Waals surface area contributed by atoms with Gasteiger partial charge in [-0.1, -0.05) is 31.4 Å². The molecule has 1 aliphatic rings. The van der Waals surface area contributed by atoms with Gasteiger partial charge in [-0.15, -0.1) is 0 Å². The molecule has 184 valence electrons. The van der Waals surface area contributed by atoms with Crippen LogP contribution in [0.25, 0.3) is 0 Å². The number of benzene rings is 1. The number of nitrogens with one attached hydrogen (secondary N) is 1. The van der Waals surface area contributed by atoms with Gasteiger partial charge in [-0.05, 0) is 54.8 Å². The lowest BCUT2D eigenvalue weighted by atomic mass is 9.94. The topological polar surface area (TPSA) is 93.9 Å². The van der Waals surface area contributed by atoms with E-state index in [2.05, 4.69) is 10.3 Å². The Hall–Kier alpha value is -3.81.